The Morgan fingerprint density at radius 3 is 2.23 bits per heavy atom. The average molecular weight is 430 g/mol. The van der Waals surface area contributed by atoms with Crippen molar-refractivity contribution in [3.05, 3.63) is 71.8 Å². The molecule has 0 aliphatic carbocycles. The number of nitrogens with one attached hydrogen (secondary N) is 1. The molecule has 2 aromatic carbocycles. The molecule has 0 aromatic heterocycles. The van der Waals surface area contributed by atoms with Crippen LogP contribution in [0.3, 0.4) is 0 Å². The van der Waals surface area contributed by atoms with E-state index in [2.05, 4.69) is 15.2 Å². The average Bonchev–Trinajstić information content (AvgIpc) is 2.92. The van der Waals surface area contributed by atoms with Crippen molar-refractivity contribution in [3.8, 4) is 0 Å². The highest BCUT2D eigenvalue weighted by Gasteiger charge is 2.36. The third kappa shape index (κ3) is 3.93. The molecular weight excluding hydrogens is 416 g/mol. The predicted octanol–water partition coefficient (Wildman–Crippen LogP) is 2.45. The summed E-state index contributed by atoms with van der Waals surface area (Å²) in [5.41, 5.74) is 0.885. The predicted molar refractivity (Wildman–Crippen MR) is 106 cm³/mol. The SMILES string of the molecule is COC(=O)C1=Nc2c(C)cccc2CN(c2c([N+](=O)[O-])cc([N+](=O)[O-])cc2[N+](=O)[O-])N1. The zero-order chi connectivity index (χ0) is 22.9. The first-order valence-electron chi connectivity index (χ1n) is 8.55. The Morgan fingerprint density at radius 2 is 1.71 bits per heavy atom. The highest BCUT2D eigenvalue weighted by atomic mass is 16.6. The lowest BCUT2D eigenvalue weighted by Gasteiger charge is -2.24. The number of hydrogen-bond donors (Lipinski definition) is 1. The second-order valence-electron chi connectivity index (χ2n) is 6.34. The Kier molecular flexibility index (Phi) is 5.46. The molecule has 0 amide bonds. The van der Waals surface area contributed by atoms with E-state index in [1.54, 1.807) is 25.1 Å². The zero-order valence-corrected chi connectivity index (χ0v) is 16.1. The fourth-order valence-corrected chi connectivity index (χ4v) is 3.05. The molecular formula is C17H14N6O8. The van der Waals surface area contributed by atoms with Gasteiger partial charge in [0.2, 0.25) is 11.5 Å². The first-order chi connectivity index (χ1) is 14.6. The van der Waals surface area contributed by atoms with Gasteiger partial charge < -0.3 is 4.74 Å². The first kappa shape index (κ1) is 21.1. The summed E-state index contributed by atoms with van der Waals surface area (Å²) in [7, 11) is 1.09. The van der Waals surface area contributed by atoms with E-state index in [-0.39, 0.29) is 12.4 Å². The number of anilines is 1. The summed E-state index contributed by atoms with van der Waals surface area (Å²) < 4.78 is 4.67. The first-order valence-corrected chi connectivity index (χ1v) is 8.55. The van der Waals surface area contributed by atoms with Crippen molar-refractivity contribution >= 4 is 40.2 Å². The van der Waals surface area contributed by atoms with Crippen LogP contribution in [0.5, 0.6) is 0 Å². The van der Waals surface area contributed by atoms with Crippen LogP contribution in [0, 0.1) is 37.3 Å². The topological polar surface area (TPSA) is 183 Å². The molecule has 0 saturated carbocycles. The third-order valence-corrected chi connectivity index (χ3v) is 4.42. The number of fused-ring (bicyclic) bond motifs is 1. The molecule has 0 saturated heterocycles. The molecule has 3 rings (SSSR count). The number of nitro benzene ring substituents is 3. The second kappa shape index (κ2) is 8.02. The molecule has 1 heterocycles. The Morgan fingerprint density at radius 1 is 1.10 bits per heavy atom. The maximum Gasteiger partial charge on any atom is 0.375 e. The number of aliphatic imine (C=N–C) groups is 1. The van der Waals surface area contributed by atoms with Crippen molar-refractivity contribution in [2.75, 3.05) is 12.1 Å². The fraction of sp³-hybridized carbons (Fsp3) is 0.176. The maximum atomic E-state index is 12.2. The van der Waals surface area contributed by atoms with Gasteiger partial charge in [0.25, 0.3) is 5.69 Å². The van der Waals surface area contributed by atoms with E-state index in [4.69, 9.17) is 0 Å². The normalized spacial score (nSPS) is 12.7. The van der Waals surface area contributed by atoms with E-state index in [1.807, 2.05) is 0 Å². The van der Waals surface area contributed by atoms with Crippen LogP contribution in [0.1, 0.15) is 11.1 Å². The molecule has 1 aliphatic heterocycles. The lowest BCUT2D eigenvalue weighted by atomic mass is 10.1. The molecule has 1 N–H and O–H groups in total. The summed E-state index contributed by atoms with van der Waals surface area (Å²) in [5.74, 6) is -1.30. The summed E-state index contributed by atoms with van der Waals surface area (Å²) in [4.78, 5) is 47.9. The standard InChI is InChI=1S/C17H14N6O8/c1-9-4-3-5-10-8-20(19-16(17(24)31-2)18-14(9)10)15-12(22(27)28)6-11(21(25)26)7-13(15)23(29)30/h3-7H,8H2,1-2H3,(H,18,19). The largest absolute Gasteiger partial charge is 0.463 e. The van der Waals surface area contributed by atoms with E-state index >= 15 is 0 Å². The van der Waals surface area contributed by atoms with E-state index in [9.17, 15) is 35.1 Å². The number of rotatable bonds is 5. The minimum absolute atomic E-state index is 0.180. The molecule has 0 atom stereocenters. The Hall–Kier alpha value is -4.62. The van der Waals surface area contributed by atoms with Crippen molar-refractivity contribution < 1.29 is 24.3 Å². The molecule has 0 bridgehead atoms. The van der Waals surface area contributed by atoms with Gasteiger partial charge >= 0.3 is 17.3 Å². The van der Waals surface area contributed by atoms with Gasteiger partial charge in [0.05, 0.1) is 46.2 Å². The summed E-state index contributed by atoms with van der Waals surface area (Å²) in [5, 5.41) is 35.4. The molecule has 0 radical (unpaired) electrons. The second-order valence-corrected chi connectivity index (χ2v) is 6.34. The molecule has 14 heteroatoms. The minimum atomic E-state index is -0.978. The van der Waals surface area contributed by atoms with Crippen LogP contribution in [0.2, 0.25) is 0 Å². The van der Waals surface area contributed by atoms with Gasteiger partial charge in [-0.2, -0.15) is 0 Å². The van der Waals surface area contributed by atoms with E-state index in [0.29, 0.717) is 28.9 Å². The van der Waals surface area contributed by atoms with E-state index in [0.717, 1.165) is 12.1 Å². The van der Waals surface area contributed by atoms with Crippen LogP contribution in [0.4, 0.5) is 28.4 Å². The van der Waals surface area contributed by atoms with Crippen molar-refractivity contribution in [2.24, 2.45) is 4.99 Å². The summed E-state index contributed by atoms with van der Waals surface area (Å²) in [6.45, 7) is 1.55. The number of carbonyl (C=O) groups is 1. The van der Waals surface area contributed by atoms with Gasteiger partial charge in [-0.15, -0.1) is 0 Å². The quantitative estimate of drug-likeness (QED) is 0.420. The van der Waals surface area contributed by atoms with Crippen molar-refractivity contribution in [1.29, 1.82) is 0 Å². The number of methoxy groups -OCH3 is 1. The molecule has 31 heavy (non-hydrogen) atoms. The number of para-hydroxylation sites is 1. The lowest BCUT2D eigenvalue weighted by Crippen LogP contribution is -2.45. The van der Waals surface area contributed by atoms with E-state index < -0.39 is 43.5 Å². The minimum Gasteiger partial charge on any atom is -0.463 e. The van der Waals surface area contributed by atoms with Crippen molar-refractivity contribution in [3.63, 3.8) is 0 Å². The van der Waals surface area contributed by atoms with E-state index in [1.165, 1.54) is 0 Å². The van der Waals surface area contributed by atoms with Gasteiger partial charge in [0.1, 0.15) is 0 Å². The number of amidine groups is 1. The number of hydrogen-bond acceptors (Lipinski definition) is 11. The Bertz CT molecular complexity index is 1130. The summed E-state index contributed by atoms with van der Waals surface area (Å²) in [6.07, 6.45) is 0. The Labute approximate surface area is 173 Å². The van der Waals surface area contributed by atoms with Gasteiger partial charge in [-0.3, -0.25) is 40.8 Å². The monoisotopic (exact) mass is 430 g/mol. The molecule has 0 spiro atoms. The number of ether oxygens (including phenoxy) is 1. The lowest BCUT2D eigenvalue weighted by molar-refractivity contribution is -0.402. The van der Waals surface area contributed by atoms with Crippen LogP contribution < -0.4 is 10.4 Å². The van der Waals surface area contributed by atoms with Crippen LogP contribution in [-0.2, 0) is 16.1 Å². The van der Waals surface area contributed by atoms with Crippen LogP contribution in [-0.4, -0.2) is 33.7 Å². The number of benzene rings is 2. The van der Waals surface area contributed by atoms with Gasteiger partial charge in [0.15, 0.2) is 0 Å². The van der Waals surface area contributed by atoms with Crippen LogP contribution in [0.25, 0.3) is 0 Å². The maximum absolute atomic E-state index is 12.2. The number of nitro groups is 3. The van der Waals surface area contributed by atoms with Crippen LogP contribution in [0.15, 0.2) is 35.3 Å². The number of hydrazine groups is 1. The number of esters is 1. The van der Waals surface area contributed by atoms with Crippen LogP contribution >= 0.6 is 0 Å². The molecule has 160 valence electrons. The van der Waals surface area contributed by atoms with Crippen molar-refractivity contribution in [2.45, 2.75) is 13.5 Å². The molecule has 0 unspecified atom stereocenters. The smallest absolute Gasteiger partial charge is 0.375 e. The Balaban J connectivity index is 2.30. The highest BCUT2D eigenvalue weighted by Crippen LogP contribution is 2.42. The zero-order valence-electron chi connectivity index (χ0n) is 16.1. The fourth-order valence-electron chi connectivity index (χ4n) is 3.05. The molecule has 2 aromatic rings. The van der Waals surface area contributed by atoms with Gasteiger partial charge in [-0.25, -0.2) is 9.79 Å². The van der Waals surface area contributed by atoms with Gasteiger partial charge in [-0.1, -0.05) is 18.2 Å². The number of nitrogens with zero attached hydrogens (tertiary/aromatic N) is 5. The van der Waals surface area contributed by atoms with Gasteiger partial charge in [0, 0.05) is 0 Å². The number of carbonyl (C=O) groups excluding carboxylic acids is 1. The highest BCUT2D eigenvalue weighted by molar-refractivity contribution is 6.36. The molecule has 1 aliphatic rings. The summed E-state index contributed by atoms with van der Waals surface area (Å²) in [6, 6.07) is 6.26. The number of non-ortho nitro benzene ring substituents is 1. The summed E-state index contributed by atoms with van der Waals surface area (Å²) >= 11 is 0. The molecule has 14 nitrogen and oxygen atoms in total. The van der Waals surface area contributed by atoms with Gasteiger partial charge in [-0.05, 0) is 18.1 Å². The number of aryl methyl sites for hydroxylation is 1. The molecule has 0 fully saturated rings. The van der Waals surface area contributed by atoms with Crippen molar-refractivity contribution in [1.82, 2.24) is 5.43 Å². The third-order valence-electron chi connectivity index (χ3n) is 4.42.